The van der Waals surface area contributed by atoms with Crippen molar-refractivity contribution in [1.82, 2.24) is 5.32 Å². The third kappa shape index (κ3) is 4.42. The maximum Gasteiger partial charge on any atom is 0.236 e. The lowest BCUT2D eigenvalue weighted by molar-refractivity contribution is -0.117. The summed E-state index contributed by atoms with van der Waals surface area (Å²) < 4.78 is 0. The molecule has 0 spiro atoms. The van der Waals surface area contributed by atoms with Crippen molar-refractivity contribution in [3.05, 3.63) is 28.8 Å². The molecule has 7 heteroatoms. The van der Waals surface area contributed by atoms with E-state index in [2.05, 4.69) is 5.32 Å². The Morgan fingerprint density at radius 3 is 2.32 bits per heavy atom. The molecule has 2 amide bonds. The maximum atomic E-state index is 11.1. The Bertz CT molecular complexity index is 463. The largest absolute Gasteiger partial charge is 0.368 e. The highest BCUT2D eigenvalue weighted by atomic mass is 35.5. The molecule has 0 aromatic heterocycles. The highest BCUT2D eigenvalue weighted by Crippen LogP contribution is 2.29. The molecule has 0 saturated heterocycles. The molecule has 6 nitrogen and oxygen atoms in total. The van der Waals surface area contributed by atoms with Gasteiger partial charge >= 0.3 is 0 Å². The first-order valence-corrected chi connectivity index (χ1v) is 6.07. The number of para-hydroxylation sites is 1. The van der Waals surface area contributed by atoms with Crippen molar-refractivity contribution in [1.29, 1.82) is 0 Å². The normalized spacial score (nSPS) is 10.2. The van der Waals surface area contributed by atoms with Crippen molar-refractivity contribution in [3.63, 3.8) is 0 Å². The molecule has 0 aliphatic carbocycles. The van der Waals surface area contributed by atoms with E-state index in [0.717, 1.165) is 5.56 Å². The summed E-state index contributed by atoms with van der Waals surface area (Å²) in [4.78, 5) is 23.7. The third-order valence-electron chi connectivity index (χ3n) is 2.45. The zero-order valence-corrected chi connectivity index (χ0v) is 11.4. The molecule has 5 N–H and O–H groups in total. The first-order chi connectivity index (χ1) is 8.95. The summed E-state index contributed by atoms with van der Waals surface area (Å²) in [6.07, 6.45) is 0. The Balaban J connectivity index is 3.18. The van der Waals surface area contributed by atoms with Crippen LogP contribution in [0.3, 0.4) is 0 Å². The van der Waals surface area contributed by atoms with Crippen LogP contribution in [0.1, 0.15) is 5.56 Å². The van der Waals surface area contributed by atoms with E-state index >= 15 is 0 Å². The van der Waals surface area contributed by atoms with E-state index in [1.165, 1.54) is 4.90 Å². The van der Waals surface area contributed by atoms with Gasteiger partial charge in [0, 0.05) is 6.54 Å². The predicted molar refractivity (Wildman–Crippen MR) is 74.8 cm³/mol. The number of nitrogens with one attached hydrogen (secondary N) is 1. The number of carbonyl (C=O) groups is 2. The summed E-state index contributed by atoms with van der Waals surface area (Å²) >= 11 is 6.15. The van der Waals surface area contributed by atoms with Crippen LogP contribution >= 0.6 is 11.6 Å². The van der Waals surface area contributed by atoms with Crippen LogP contribution in [0.15, 0.2) is 18.2 Å². The summed E-state index contributed by atoms with van der Waals surface area (Å²) in [6.45, 7) is 0.302. The van der Waals surface area contributed by atoms with Crippen LogP contribution in [0.4, 0.5) is 5.69 Å². The van der Waals surface area contributed by atoms with Gasteiger partial charge in [-0.2, -0.15) is 0 Å². The molecule has 0 aliphatic heterocycles. The minimum Gasteiger partial charge on any atom is -0.368 e. The molecular formula is C12H17ClN4O2. The average molecular weight is 285 g/mol. The number of halogens is 1. The summed E-state index contributed by atoms with van der Waals surface area (Å²) in [5.41, 5.74) is 11.8. The van der Waals surface area contributed by atoms with E-state index in [9.17, 15) is 9.59 Å². The van der Waals surface area contributed by atoms with Gasteiger partial charge in [0.05, 0.1) is 23.8 Å². The van der Waals surface area contributed by atoms with Crippen LogP contribution in [-0.2, 0) is 16.1 Å². The number of hydrogen-bond acceptors (Lipinski definition) is 4. The van der Waals surface area contributed by atoms with Crippen molar-refractivity contribution in [3.8, 4) is 0 Å². The summed E-state index contributed by atoms with van der Waals surface area (Å²) in [5, 5.41) is 3.44. The van der Waals surface area contributed by atoms with E-state index in [0.29, 0.717) is 17.3 Å². The molecule has 0 heterocycles. The molecule has 0 aliphatic rings. The minimum atomic E-state index is -0.559. The zero-order chi connectivity index (χ0) is 14.4. The van der Waals surface area contributed by atoms with Gasteiger partial charge in [0.2, 0.25) is 11.8 Å². The Labute approximate surface area is 116 Å². The Kier molecular flexibility index (Phi) is 5.59. The topological polar surface area (TPSA) is 101 Å². The van der Waals surface area contributed by atoms with Crippen LogP contribution in [0.2, 0.25) is 5.02 Å². The number of primary amides is 2. The standard InChI is InChI=1S/C12H17ClN4O2/c1-16-5-8-3-2-4-9(13)12(8)17(6-10(14)18)7-11(15)19/h2-4,16H,5-7H2,1H3,(H2,14,18)(H2,15,19). The van der Waals surface area contributed by atoms with Gasteiger partial charge in [-0.05, 0) is 18.7 Å². The maximum absolute atomic E-state index is 11.1. The lowest BCUT2D eigenvalue weighted by Crippen LogP contribution is -2.40. The van der Waals surface area contributed by atoms with Gasteiger partial charge in [-0.1, -0.05) is 23.7 Å². The molecule has 1 aromatic rings. The molecule has 0 saturated carbocycles. The van der Waals surface area contributed by atoms with Gasteiger partial charge in [-0.3, -0.25) is 9.59 Å². The smallest absolute Gasteiger partial charge is 0.236 e. The van der Waals surface area contributed by atoms with Crippen molar-refractivity contribution >= 4 is 29.1 Å². The zero-order valence-electron chi connectivity index (χ0n) is 10.6. The monoisotopic (exact) mass is 284 g/mol. The average Bonchev–Trinajstić information content (AvgIpc) is 2.27. The molecule has 0 radical (unpaired) electrons. The summed E-state index contributed by atoms with van der Waals surface area (Å²) in [6, 6.07) is 5.34. The lowest BCUT2D eigenvalue weighted by Gasteiger charge is -2.25. The fourth-order valence-electron chi connectivity index (χ4n) is 1.84. The van der Waals surface area contributed by atoms with E-state index in [1.54, 1.807) is 19.2 Å². The highest BCUT2D eigenvalue weighted by molar-refractivity contribution is 6.33. The van der Waals surface area contributed by atoms with Crippen molar-refractivity contribution in [2.24, 2.45) is 11.5 Å². The van der Waals surface area contributed by atoms with Crippen LogP contribution in [0, 0.1) is 0 Å². The quantitative estimate of drug-likeness (QED) is 0.647. The molecule has 0 unspecified atom stereocenters. The first kappa shape index (κ1) is 15.3. The van der Waals surface area contributed by atoms with E-state index in [1.807, 2.05) is 6.07 Å². The van der Waals surface area contributed by atoms with Gasteiger partial charge in [0.1, 0.15) is 0 Å². The minimum absolute atomic E-state index is 0.122. The van der Waals surface area contributed by atoms with E-state index in [4.69, 9.17) is 23.1 Å². The summed E-state index contributed by atoms with van der Waals surface area (Å²) in [7, 11) is 1.79. The molecule has 1 aromatic carbocycles. The molecule has 0 fully saturated rings. The Hall–Kier alpha value is -1.79. The van der Waals surface area contributed by atoms with Crippen LogP contribution in [0.5, 0.6) is 0 Å². The van der Waals surface area contributed by atoms with Crippen molar-refractivity contribution in [2.75, 3.05) is 25.0 Å². The fraction of sp³-hybridized carbons (Fsp3) is 0.333. The predicted octanol–water partition coefficient (Wildman–Crippen LogP) is -0.164. The summed E-state index contributed by atoms with van der Waals surface area (Å²) in [5.74, 6) is -1.12. The molecule has 19 heavy (non-hydrogen) atoms. The molecule has 0 atom stereocenters. The van der Waals surface area contributed by atoms with Gasteiger partial charge in [0.25, 0.3) is 0 Å². The second kappa shape index (κ2) is 6.96. The molecular weight excluding hydrogens is 268 g/mol. The number of amides is 2. The highest BCUT2D eigenvalue weighted by Gasteiger charge is 2.18. The SMILES string of the molecule is CNCc1cccc(Cl)c1N(CC(N)=O)CC(N)=O. The molecule has 0 bridgehead atoms. The fourth-order valence-corrected chi connectivity index (χ4v) is 2.15. The number of benzene rings is 1. The van der Waals surface area contributed by atoms with Gasteiger partial charge in [-0.25, -0.2) is 0 Å². The second-order valence-corrected chi connectivity index (χ2v) is 4.47. The number of nitrogens with two attached hydrogens (primary N) is 2. The number of carbonyl (C=O) groups excluding carboxylic acids is 2. The van der Waals surface area contributed by atoms with Crippen molar-refractivity contribution < 1.29 is 9.59 Å². The molecule has 1 rings (SSSR count). The van der Waals surface area contributed by atoms with Crippen molar-refractivity contribution in [2.45, 2.75) is 6.54 Å². The Morgan fingerprint density at radius 1 is 1.26 bits per heavy atom. The van der Waals surface area contributed by atoms with Crippen LogP contribution in [0.25, 0.3) is 0 Å². The number of nitrogens with zero attached hydrogens (tertiary/aromatic N) is 1. The van der Waals surface area contributed by atoms with E-state index in [-0.39, 0.29) is 13.1 Å². The Morgan fingerprint density at radius 2 is 1.84 bits per heavy atom. The number of anilines is 1. The first-order valence-electron chi connectivity index (χ1n) is 5.69. The van der Waals surface area contributed by atoms with E-state index < -0.39 is 11.8 Å². The number of rotatable bonds is 7. The third-order valence-corrected chi connectivity index (χ3v) is 2.75. The van der Waals surface area contributed by atoms with Gasteiger partial charge in [0.15, 0.2) is 0 Å². The van der Waals surface area contributed by atoms with Crippen LogP contribution < -0.4 is 21.7 Å². The second-order valence-electron chi connectivity index (χ2n) is 4.07. The molecule has 104 valence electrons. The van der Waals surface area contributed by atoms with Gasteiger partial charge < -0.3 is 21.7 Å². The van der Waals surface area contributed by atoms with Crippen LogP contribution in [-0.4, -0.2) is 32.0 Å². The number of hydrogen-bond donors (Lipinski definition) is 3. The van der Waals surface area contributed by atoms with Gasteiger partial charge in [-0.15, -0.1) is 0 Å². The lowest BCUT2D eigenvalue weighted by atomic mass is 10.1.